The van der Waals surface area contributed by atoms with E-state index in [1.165, 1.54) is 0 Å². The first-order chi connectivity index (χ1) is 9.24. The van der Waals surface area contributed by atoms with Gasteiger partial charge in [-0.1, -0.05) is 0 Å². The maximum Gasteiger partial charge on any atom is 0.255 e. The van der Waals surface area contributed by atoms with Gasteiger partial charge < -0.3 is 14.8 Å². The molecule has 0 radical (unpaired) electrons. The third-order valence-corrected chi connectivity index (χ3v) is 2.60. The van der Waals surface area contributed by atoms with Crippen LogP contribution in [0.5, 0.6) is 11.5 Å². The number of nitrogens with one attached hydrogen (secondary N) is 1. The van der Waals surface area contributed by atoms with E-state index in [2.05, 4.69) is 10.3 Å². The van der Waals surface area contributed by atoms with Crippen LogP contribution in [0.2, 0.25) is 0 Å². The SMILES string of the molecule is COc1ccc(OC)c(NC(=O)c2ccncc2)c1. The smallest absolute Gasteiger partial charge is 0.255 e. The molecule has 19 heavy (non-hydrogen) atoms. The van der Waals surface area contributed by atoms with E-state index in [9.17, 15) is 4.79 Å². The van der Waals surface area contributed by atoms with Crippen LogP contribution in [0, 0.1) is 0 Å². The van der Waals surface area contributed by atoms with E-state index >= 15 is 0 Å². The summed E-state index contributed by atoms with van der Waals surface area (Å²) < 4.78 is 10.3. The zero-order valence-electron chi connectivity index (χ0n) is 10.7. The number of pyridine rings is 1. The van der Waals surface area contributed by atoms with Crippen LogP contribution in [-0.4, -0.2) is 25.1 Å². The van der Waals surface area contributed by atoms with E-state index < -0.39 is 0 Å². The largest absolute Gasteiger partial charge is 0.497 e. The van der Waals surface area contributed by atoms with Crippen LogP contribution in [-0.2, 0) is 0 Å². The Balaban J connectivity index is 2.25. The standard InChI is InChI=1S/C14H14N2O3/c1-18-11-3-4-13(19-2)12(9-11)16-14(17)10-5-7-15-8-6-10/h3-9H,1-2H3,(H,16,17). The Morgan fingerprint density at radius 3 is 2.47 bits per heavy atom. The molecule has 0 spiro atoms. The summed E-state index contributed by atoms with van der Waals surface area (Å²) in [7, 11) is 3.11. The van der Waals surface area contributed by atoms with Gasteiger partial charge in [-0.15, -0.1) is 0 Å². The first-order valence-electron chi connectivity index (χ1n) is 5.68. The molecule has 1 amide bonds. The number of carbonyl (C=O) groups is 1. The second-order valence-corrected chi connectivity index (χ2v) is 3.76. The third kappa shape index (κ3) is 3.01. The van der Waals surface area contributed by atoms with Crippen LogP contribution < -0.4 is 14.8 Å². The Labute approximate surface area is 111 Å². The number of ether oxygens (including phenoxy) is 2. The van der Waals surface area contributed by atoms with Crippen molar-refractivity contribution < 1.29 is 14.3 Å². The van der Waals surface area contributed by atoms with Crippen LogP contribution in [0.4, 0.5) is 5.69 Å². The molecule has 98 valence electrons. The summed E-state index contributed by atoms with van der Waals surface area (Å²) in [6.07, 6.45) is 3.13. The molecule has 5 nitrogen and oxygen atoms in total. The third-order valence-electron chi connectivity index (χ3n) is 2.60. The number of anilines is 1. The van der Waals surface area contributed by atoms with Crippen molar-refractivity contribution >= 4 is 11.6 Å². The first-order valence-corrected chi connectivity index (χ1v) is 5.68. The number of hydrogen-bond donors (Lipinski definition) is 1. The Morgan fingerprint density at radius 1 is 1.11 bits per heavy atom. The molecule has 5 heteroatoms. The lowest BCUT2D eigenvalue weighted by molar-refractivity contribution is 0.102. The molecule has 1 aromatic heterocycles. The van der Waals surface area contributed by atoms with Crippen LogP contribution in [0.1, 0.15) is 10.4 Å². The van der Waals surface area contributed by atoms with Crippen molar-refractivity contribution in [3.05, 3.63) is 48.3 Å². The van der Waals surface area contributed by atoms with Gasteiger partial charge in [-0.3, -0.25) is 9.78 Å². The van der Waals surface area contributed by atoms with Crippen molar-refractivity contribution in [1.29, 1.82) is 0 Å². The molecule has 0 aliphatic heterocycles. The van der Waals surface area contributed by atoms with Crippen LogP contribution in [0.3, 0.4) is 0 Å². The Morgan fingerprint density at radius 2 is 1.84 bits per heavy atom. The molecule has 1 heterocycles. The van der Waals surface area contributed by atoms with Crippen LogP contribution in [0.15, 0.2) is 42.7 Å². The van der Waals surface area contributed by atoms with Gasteiger partial charge in [-0.05, 0) is 24.3 Å². The highest BCUT2D eigenvalue weighted by Crippen LogP contribution is 2.29. The summed E-state index contributed by atoms with van der Waals surface area (Å²) in [4.78, 5) is 15.9. The fraction of sp³-hybridized carbons (Fsp3) is 0.143. The lowest BCUT2D eigenvalue weighted by atomic mass is 10.2. The van der Waals surface area contributed by atoms with E-state index in [0.717, 1.165) is 0 Å². The summed E-state index contributed by atoms with van der Waals surface area (Å²) in [6, 6.07) is 8.49. The van der Waals surface area contributed by atoms with E-state index in [0.29, 0.717) is 22.7 Å². The summed E-state index contributed by atoms with van der Waals surface area (Å²) in [5.74, 6) is 0.989. The molecule has 0 aliphatic rings. The highest BCUT2D eigenvalue weighted by molar-refractivity contribution is 6.05. The van der Waals surface area contributed by atoms with Crippen LogP contribution in [0.25, 0.3) is 0 Å². The molecule has 0 saturated carbocycles. The Kier molecular flexibility index (Phi) is 3.97. The fourth-order valence-electron chi connectivity index (χ4n) is 1.61. The van der Waals surface area contributed by atoms with E-state index in [-0.39, 0.29) is 5.91 Å². The maximum atomic E-state index is 12.0. The number of rotatable bonds is 4. The monoisotopic (exact) mass is 258 g/mol. The molecule has 0 unspecified atom stereocenters. The van der Waals surface area contributed by atoms with E-state index in [1.54, 1.807) is 56.9 Å². The van der Waals surface area contributed by atoms with Gasteiger partial charge in [0.15, 0.2) is 0 Å². The Bertz CT molecular complexity index is 570. The molecule has 0 saturated heterocycles. The van der Waals surface area contributed by atoms with Gasteiger partial charge in [-0.2, -0.15) is 0 Å². The fourth-order valence-corrected chi connectivity index (χ4v) is 1.61. The topological polar surface area (TPSA) is 60.5 Å². The number of benzene rings is 1. The van der Waals surface area contributed by atoms with Gasteiger partial charge in [0.25, 0.3) is 5.91 Å². The van der Waals surface area contributed by atoms with Crippen molar-refractivity contribution in [3.8, 4) is 11.5 Å². The summed E-state index contributed by atoms with van der Waals surface area (Å²) >= 11 is 0. The van der Waals surface area contributed by atoms with Gasteiger partial charge in [-0.25, -0.2) is 0 Å². The second kappa shape index (κ2) is 5.86. The molecule has 0 fully saturated rings. The van der Waals surface area contributed by atoms with Gasteiger partial charge in [0.1, 0.15) is 11.5 Å². The molecule has 0 aliphatic carbocycles. The minimum absolute atomic E-state index is 0.228. The molecule has 1 N–H and O–H groups in total. The average molecular weight is 258 g/mol. The molecule has 1 aromatic carbocycles. The molecule has 2 aromatic rings. The van der Waals surface area contributed by atoms with Crippen molar-refractivity contribution in [2.75, 3.05) is 19.5 Å². The van der Waals surface area contributed by atoms with Gasteiger partial charge >= 0.3 is 0 Å². The number of carbonyl (C=O) groups excluding carboxylic acids is 1. The number of hydrogen-bond acceptors (Lipinski definition) is 4. The lowest BCUT2D eigenvalue weighted by Gasteiger charge is -2.11. The molecule has 0 bridgehead atoms. The van der Waals surface area contributed by atoms with Gasteiger partial charge in [0.2, 0.25) is 0 Å². The van der Waals surface area contributed by atoms with E-state index in [4.69, 9.17) is 9.47 Å². The number of aromatic nitrogens is 1. The van der Waals surface area contributed by atoms with Crippen molar-refractivity contribution in [1.82, 2.24) is 4.98 Å². The number of methoxy groups -OCH3 is 2. The highest BCUT2D eigenvalue weighted by atomic mass is 16.5. The predicted octanol–water partition coefficient (Wildman–Crippen LogP) is 2.35. The maximum absolute atomic E-state index is 12.0. The van der Waals surface area contributed by atoms with Gasteiger partial charge in [0.05, 0.1) is 19.9 Å². The average Bonchev–Trinajstić information content (AvgIpc) is 2.48. The lowest BCUT2D eigenvalue weighted by Crippen LogP contribution is -2.12. The molecule has 0 atom stereocenters. The first kappa shape index (κ1) is 12.9. The highest BCUT2D eigenvalue weighted by Gasteiger charge is 2.10. The number of amides is 1. The number of nitrogens with zero attached hydrogens (tertiary/aromatic N) is 1. The van der Waals surface area contributed by atoms with Crippen LogP contribution >= 0.6 is 0 Å². The minimum atomic E-state index is -0.228. The minimum Gasteiger partial charge on any atom is -0.497 e. The normalized spacial score (nSPS) is 9.79. The zero-order valence-corrected chi connectivity index (χ0v) is 10.7. The molecular weight excluding hydrogens is 244 g/mol. The molecule has 2 rings (SSSR count). The van der Waals surface area contributed by atoms with Crippen molar-refractivity contribution in [3.63, 3.8) is 0 Å². The summed E-state index contributed by atoms with van der Waals surface area (Å²) in [5.41, 5.74) is 1.09. The quantitative estimate of drug-likeness (QED) is 0.914. The Hall–Kier alpha value is -2.56. The molecular formula is C14H14N2O3. The predicted molar refractivity (Wildman–Crippen MR) is 71.7 cm³/mol. The van der Waals surface area contributed by atoms with Crippen molar-refractivity contribution in [2.45, 2.75) is 0 Å². The summed E-state index contributed by atoms with van der Waals surface area (Å²) in [5, 5.41) is 2.78. The van der Waals surface area contributed by atoms with Gasteiger partial charge in [0, 0.05) is 24.0 Å². The second-order valence-electron chi connectivity index (χ2n) is 3.76. The summed E-state index contributed by atoms with van der Waals surface area (Å²) in [6.45, 7) is 0. The van der Waals surface area contributed by atoms with Crippen molar-refractivity contribution in [2.24, 2.45) is 0 Å². The van der Waals surface area contributed by atoms with E-state index in [1.807, 2.05) is 0 Å². The zero-order chi connectivity index (χ0) is 13.7.